The predicted molar refractivity (Wildman–Crippen MR) is 67.1 cm³/mol. The second kappa shape index (κ2) is 6.94. The molecule has 3 heteroatoms. The molecule has 17 heavy (non-hydrogen) atoms. The Morgan fingerprint density at radius 1 is 1.29 bits per heavy atom. The van der Waals surface area contributed by atoms with E-state index in [0.29, 0.717) is 19.4 Å². The van der Waals surface area contributed by atoms with Gasteiger partial charge in [0.05, 0.1) is 12.7 Å². The molecule has 0 spiro atoms. The molecule has 0 aliphatic heterocycles. The minimum Gasteiger partial charge on any atom is -0.493 e. The van der Waals surface area contributed by atoms with Crippen LogP contribution in [0.4, 0.5) is 0 Å². The molecule has 0 aliphatic rings. The van der Waals surface area contributed by atoms with Crippen molar-refractivity contribution < 1.29 is 14.3 Å². The Morgan fingerprint density at radius 2 is 2.00 bits per heavy atom. The molecule has 94 valence electrons. The van der Waals surface area contributed by atoms with Crippen LogP contribution < -0.4 is 4.74 Å². The molecular weight excluding hydrogens is 216 g/mol. The van der Waals surface area contributed by atoms with Gasteiger partial charge in [0, 0.05) is 6.42 Å². The molecule has 0 N–H and O–H groups in total. The number of hydrogen-bond acceptors (Lipinski definition) is 3. The van der Waals surface area contributed by atoms with E-state index in [1.807, 2.05) is 45.0 Å². The van der Waals surface area contributed by atoms with Crippen LogP contribution in [0.15, 0.2) is 24.3 Å². The van der Waals surface area contributed by atoms with E-state index in [-0.39, 0.29) is 12.1 Å². The average molecular weight is 236 g/mol. The van der Waals surface area contributed by atoms with E-state index in [1.165, 1.54) is 0 Å². The molecule has 0 fully saturated rings. The molecule has 0 atom stereocenters. The summed E-state index contributed by atoms with van der Waals surface area (Å²) >= 11 is 0. The average Bonchev–Trinajstić information content (AvgIpc) is 2.25. The summed E-state index contributed by atoms with van der Waals surface area (Å²) in [7, 11) is 0. The van der Waals surface area contributed by atoms with Gasteiger partial charge in [-0.1, -0.05) is 18.2 Å². The van der Waals surface area contributed by atoms with Gasteiger partial charge in [-0.05, 0) is 38.8 Å². The van der Waals surface area contributed by atoms with E-state index in [2.05, 4.69) is 0 Å². The van der Waals surface area contributed by atoms with E-state index in [0.717, 1.165) is 11.3 Å². The molecule has 0 aliphatic carbocycles. The summed E-state index contributed by atoms with van der Waals surface area (Å²) in [5, 5.41) is 0. The van der Waals surface area contributed by atoms with E-state index in [4.69, 9.17) is 9.47 Å². The molecule has 0 heterocycles. The van der Waals surface area contributed by atoms with Crippen LogP contribution in [-0.2, 0) is 9.53 Å². The fourth-order valence-corrected chi connectivity index (χ4v) is 1.44. The number of carbonyl (C=O) groups excluding carboxylic acids is 1. The van der Waals surface area contributed by atoms with Gasteiger partial charge in [-0.15, -0.1) is 0 Å². The van der Waals surface area contributed by atoms with Crippen molar-refractivity contribution in [3.63, 3.8) is 0 Å². The fraction of sp³-hybridized carbons (Fsp3) is 0.500. The molecule has 0 bridgehead atoms. The van der Waals surface area contributed by atoms with Gasteiger partial charge >= 0.3 is 5.97 Å². The third kappa shape index (κ3) is 5.38. The van der Waals surface area contributed by atoms with Gasteiger partial charge in [-0.25, -0.2) is 0 Å². The second-order valence-electron chi connectivity index (χ2n) is 4.26. The number of benzene rings is 1. The maximum Gasteiger partial charge on any atom is 0.306 e. The number of hydrogen-bond donors (Lipinski definition) is 0. The third-order valence-electron chi connectivity index (χ3n) is 2.24. The molecule has 0 unspecified atom stereocenters. The van der Waals surface area contributed by atoms with Crippen LogP contribution in [0, 0.1) is 6.92 Å². The standard InChI is InChI=1S/C14H20O3/c1-11(2)17-14(15)9-6-10-16-13-8-5-4-7-12(13)3/h4-5,7-8,11H,6,9-10H2,1-3H3. The highest BCUT2D eigenvalue weighted by Crippen LogP contribution is 2.16. The zero-order valence-corrected chi connectivity index (χ0v) is 10.7. The van der Waals surface area contributed by atoms with Crippen LogP contribution in [0.2, 0.25) is 0 Å². The van der Waals surface area contributed by atoms with Crippen molar-refractivity contribution in [2.24, 2.45) is 0 Å². The molecule has 1 aromatic carbocycles. The topological polar surface area (TPSA) is 35.5 Å². The first kappa shape index (κ1) is 13.6. The smallest absolute Gasteiger partial charge is 0.306 e. The first-order valence-corrected chi connectivity index (χ1v) is 5.97. The Morgan fingerprint density at radius 3 is 2.65 bits per heavy atom. The van der Waals surface area contributed by atoms with Gasteiger partial charge in [0.1, 0.15) is 5.75 Å². The number of carbonyl (C=O) groups is 1. The minimum absolute atomic E-state index is 0.0419. The SMILES string of the molecule is Cc1ccccc1OCCCC(=O)OC(C)C. The summed E-state index contributed by atoms with van der Waals surface area (Å²) in [6.07, 6.45) is 1.05. The lowest BCUT2D eigenvalue weighted by atomic mass is 10.2. The summed E-state index contributed by atoms with van der Waals surface area (Å²) in [6.45, 7) is 6.24. The van der Waals surface area contributed by atoms with Crippen LogP contribution in [0.1, 0.15) is 32.3 Å². The van der Waals surface area contributed by atoms with Crippen LogP contribution >= 0.6 is 0 Å². The van der Waals surface area contributed by atoms with Gasteiger partial charge < -0.3 is 9.47 Å². The summed E-state index contributed by atoms with van der Waals surface area (Å²) in [6, 6.07) is 7.85. The van der Waals surface area contributed by atoms with Crippen molar-refractivity contribution in [2.45, 2.75) is 39.7 Å². The van der Waals surface area contributed by atoms with Gasteiger partial charge in [0.25, 0.3) is 0 Å². The van der Waals surface area contributed by atoms with Crippen molar-refractivity contribution in [1.82, 2.24) is 0 Å². The number of aryl methyl sites for hydroxylation is 1. The molecule has 3 nitrogen and oxygen atoms in total. The Balaban J connectivity index is 2.21. The maximum absolute atomic E-state index is 11.3. The molecule has 1 rings (SSSR count). The van der Waals surface area contributed by atoms with E-state index in [1.54, 1.807) is 0 Å². The molecule has 1 aromatic rings. The van der Waals surface area contributed by atoms with Crippen LogP contribution in [0.5, 0.6) is 5.75 Å². The van der Waals surface area contributed by atoms with Gasteiger partial charge in [-0.3, -0.25) is 4.79 Å². The summed E-state index contributed by atoms with van der Waals surface area (Å²) in [5.74, 6) is 0.720. The summed E-state index contributed by atoms with van der Waals surface area (Å²) in [5.41, 5.74) is 1.11. The Bertz CT molecular complexity index is 358. The third-order valence-corrected chi connectivity index (χ3v) is 2.24. The zero-order valence-electron chi connectivity index (χ0n) is 10.7. The largest absolute Gasteiger partial charge is 0.493 e. The van der Waals surface area contributed by atoms with Crippen molar-refractivity contribution in [1.29, 1.82) is 0 Å². The number of rotatable bonds is 6. The number of para-hydroxylation sites is 1. The maximum atomic E-state index is 11.3. The fourth-order valence-electron chi connectivity index (χ4n) is 1.44. The van der Waals surface area contributed by atoms with Gasteiger partial charge in [0.2, 0.25) is 0 Å². The molecule has 0 aromatic heterocycles. The monoisotopic (exact) mass is 236 g/mol. The summed E-state index contributed by atoms with van der Waals surface area (Å²) < 4.78 is 10.6. The molecule has 0 amide bonds. The molecule has 0 radical (unpaired) electrons. The van der Waals surface area contributed by atoms with Crippen molar-refractivity contribution in [3.05, 3.63) is 29.8 Å². The lowest BCUT2D eigenvalue weighted by molar-refractivity contribution is -0.147. The highest BCUT2D eigenvalue weighted by atomic mass is 16.5. The molecule has 0 saturated heterocycles. The van der Waals surface area contributed by atoms with Crippen LogP contribution in [-0.4, -0.2) is 18.7 Å². The second-order valence-corrected chi connectivity index (χ2v) is 4.26. The summed E-state index contributed by atoms with van der Waals surface area (Å²) in [4.78, 5) is 11.3. The zero-order chi connectivity index (χ0) is 12.7. The highest BCUT2D eigenvalue weighted by Gasteiger charge is 2.05. The van der Waals surface area contributed by atoms with E-state index < -0.39 is 0 Å². The van der Waals surface area contributed by atoms with E-state index >= 15 is 0 Å². The van der Waals surface area contributed by atoms with Gasteiger partial charge in [-0.2, -0.15) is 0 Å². The quantitative estimate of drug-likeness (QED) is 0.562. The first-order valence-electron chi connectivity index (χ1n) is 5.97. The highest BCUT2D eigenvalue weighted by molar-refractivity contribution is 5.69. The first-order chi connectivity index (χ1) is 8.09. The van der Waals surface area contributed by atoms with Gasteiger partial charge in [0.15, 0.2) is 0 Å². The van der Waals surface area contributed by atoms with Crippen LogP contribution in [0.25, 0.3) is 0 Å². The number of ether oxygens (including phenoxy) is 2. The molecular formula is C14H20O3. The Kier molecular flexibility index (Phi) is 5.53. The Labute approximate surface area is 103 Å². The van der Waals surface area contributed by atoms with Crippen LogP contribution in [0.3, 0.4) is 0 Å². The minimum atomic E-state index is -0.159. The lowest BCUT2D eigenvalue weighted by Crippen LogP contribution is -2.12. The Hall–Kier alpha value is -1.51. The normalized spacial score (nSPS) is 10.4. The van der Waals surface area contributed by atoms with Crippen molar-refractivity contribution >= 4 is 5.97 Å². The van der Waals surface area contributed by atoms with Crippen molar-refractivity contribution in [3.8, 4) is 5.75 Å². The predicted octanol–water partition coefficient (Wildman–Crippen LogP) is 3.11. The molecule has 0 saturated carbocycles. The number of esters is 1. The lowest BCUT2D eigenvalue weighted by Gasteiger charge is -2.09. The van der Waals surface area contributed by atoms with E-state index in [9.17, 15) is 4.79 Å². The van der Waals surface area contributed by atoms with Crippen molar-refractivity contribution in [2.75, 3.05) is 6.61 Å².